The van der Waals surface area contributed by atoms with Gasteiger partial charge in [-0.2, -0.15) is 0 Å². The van der Waals surface area contributed by atoms with E-state index >= 15 is 0 Å². The monoisotopic (exact) mass is 315 g/mol. The van der Waals surface area contributed by atoms with Crippen LogP contribution in [0.15, 0.2) is 42.5 Å². The molecule has 0 saturated carbocycles. The van der Waals surface area contributed by atoms with Crippen LogP contribution in [0.3, 0.4) is 0 Å². The third kappa shape index (κ3) is 5.18. The lowest BCUT2D eigenvalue weighted by atomic mass is 10.1. The van der Waals surface area contributed by atoms with Gasteiger partial charge in [-0.05, 0) is 55.3 Å². The molecule has 2 aromatic carbocycles. The van der Waals surface area contributed by atoms with Crippen molar-refractivity contribution in [2.75, 3.05) is 27.4 Å². The third-order valence-electron chi connectivity index (χ3n) is 3.60. The van der Waals surface area contributed by atoms with Gasteiger partial charge in [0.05, 0.1) is 20.8 Å². The summed E-state index contributed by atoms with van der Waals surface area (Å²) >= 11 is 0. The van der Waals surface area contributed by atoms with Crippen molar-refractivity contribution in [3.05, 3.63) is 53.6 Å². The molecule has 1 N–H and O–H groups in total. The molecule has 0 heterocycles. The van der Waals surface area contributed by atoms with Crippen LogP contribution in [0.4, 0.5) is 0 Å². The van der Waals surface area contributed by atoms with Crippen molar-refractivity contribution in [3.8, 4) is 17.2 Å². The minimum absolute atomic E-state index is 0.697. The van der Waals surface area contributed by atoms with E-state index in [9.17, 15) is 0 Å². The van der Waals surface area contributed by atoms with Crippen LogP contribution in [0.1, 0.15) is 18.1 Å². The summed E-state index contributed by atoms with van der Waals surface area (Å²) in [5.74, 6) is 2.46. The zero-order valence-corrected chi connectivity index (χ0v) is 14.1. The van der Waals surface area contributed by atoms with Gasteiger partial charge in [0.25, 0.3) is 0 Å². The maximum atomic E-state index is 5.44. The van der Waals surface area contributed by atoms with E-state index in [1.54, 1.807) is 14.2 Å². The molecule has 0 saturated heterocycles. The fraction of sp³-hybridized carbons (Fsp3) is 0.368. The van der Waals surface area contributed by atoms with E-state index in [0.717, 1.165) is 36.8 Å². The predicted molar refractivity (Wildman–Crippen MR) is 92.6 cm³/mol. The number of nitrogens with one attached hydrogen (secondary N) is 1. The number of hydrogen-bond donors (Lipinski definition) is 1. The molecule has 0 amide bonds. The maximum absolute atomic E-state index is 5.44. The Morgan fingerprint density at radius 2 is 1.57 bits per heavy atom. The lowest BCUT2D eigenvalue weighted by molar-refractivity contribution is 0.340. The molecule has 0 aliphatic carbocycles. The molecule has 4 nitrogen and oxygen atoms in total. The molecule has 0 radical (unpaired) electrons. The zero-order valence-electron chi connectivity index (χ0n) is 14.1. The molecule has 0 bridgehead atoms. The highest BCUT2D eigenvalue weighted by molar-refractivity contribution is 5.42. The Morgan fingerprint density at radius 1 is 0.870 bits per heavy atom. The first-order chi connectivity index (χ1) is 11.3. The van der Waals surface area contributed by atoms with E-state index in [4.69, 9.17) is 14.2 Å². The van der Waals surface area contributed by atoms with Gasteiger partial charge in [0, 0.05) is 6.54 Å². The summed E-state index contributed by atoms with van der Waals surface area (Å²) in [6.07, 6.45) is 0.942. The van der Waals surface area contributed by atoms with Gasteiger partial charge >= 0.3 is 0 Å². The Kier molecular flexibility index (Phi) is 6.76. The SMILES string of the molecule is CCOc1ccc(CNCCc2ccc(OC)c(OC)c2)cc1. The van der Waals surface area contributed by atoms with Crippen LogP contribution >= 0.6 is 0 Å². The Hall–Kier alpha value is -2.20. The van der Waals surface area contributed by atoms with Gasteiger partial charge in [0.2, 0.25) is 0 Å². The fourth-order valence-electron chi connectivity index (χ4n) is 2.37. The largest absolute Gasteiger partial charge is 0.494 e. The summed E-state index contributed by atoms with van der Waals surface area (Å²) in [5, 5.41) is 3.45. The molecule has 0 spiro atoms. The lowest BCUT2D eigenvalue weighted by Crippen LogP contribution is -2.16. The van der Waals surface area contributed by atoms with Crippen LogP contribution in [0.2, 0.25) is 0 Å². The van der Waals surface area contributed by atoms with Gasteiger partial charge in [-0.25, -0.2) is 0 Å². The second kappa shape index (κ2) is 9.06. The first-order valence-corrected chi connectivity index (χ1v) is 7.90. The smallest absolute Gasteiger partial charge is 0.160 e. The number of methoxy groups -OCH3 is 2. The number of benzene rings is 2. The molecule has 2 aromatic rings. The van der Waals surface area contributed by atoms with E-state index < -0.39 is 0 Å². The Bertz CT molecular complexity index is 596. The Balaban J connectivity index is 1.78. The molecule has 4 heteroatoms. The van der Waals surface area contributed by atoms with E-state index in [0.29, 0.717) is 6.61 Å². The van der Waals surface area contributed by atoms with Gasteiger partial charge in [-0.3, -0.25) is 0 Å². The van der Waals surface area contributed by atoms with Crippen LogP contribution in [-0.4, -0.2) is 27.4 Å². The van der Waals surface area contributed by atoms with Crippen molar-refractivity contribution in [1.29, 1.82) is 0 Å². The Morgan fingerprint density at radius 3 is 2.22 bits per heavy atom. The second-order valence-corrected chi connectivity index (χ2v) is 5.19. The molecule has 2 rings (SSSR count). The van der Waals surface area contributed by atoms with Gasteiger partial charge < -0.3 is 19.5 Å². The van der Waals surface area contributed by atoms with Crippen molar-refractivity contribution in [3.63, 3.8) is 0 Å². The second-order valence-electron chi connectivity index (χ2n) is 5.19. The maximum Gasteiger partial charge on any atom is 0.160 e. The van der Waals surface area contributed by atoms with Gasteiger partial charge in [0.15, 0.2) is 11.5 Å². The minimum atomic E-state index is 0.697. The summed E-state index contributed by atoms with van der Waals surface area (Å²) in [6.45, 7) is 4.44. The van der Waals surface area contributed by atoms with Crippen molar-refractivity contribution in [1.82, 2.24) is 5.32 Å². The molecule has 124 valence electrons. The van der Waals surface area contributed by atoms with Gasteiger partial charge in [0.1, 0.15) is 5.75 Å². The standard InChI is InChI=1S/C19H25NO3/c1-4-23-17-8-5-16(6-9-17)14-20-12-11-15-7-10-18(21-2)19(13-15)22-3/h5-10,13,20H,4,11-12,14H2,1-3H3. The number of rotatable bonds is 9. The average molecular weight is 315 g/mol. The quantitative estimate of drug-likeness (QED) is 0.720. The highest BCUT2D eigenvalue weighted by Crippen LogP contribution is 2.27. The summed E-state index contributed by atoms with van der Waals surface area (Å²) in [5.41, 5.74) is 2.47. The zero-order chi connectivity index (χ0) is 16.5. The number of ether oxygens (including phenoxy) is 3. The minimum Gasteiger partial charge on any atom is -0.494 e. The fourth-order valence-corrected chi connectivity index (χ4v) is 2.37. The van der Waals surface area contributed by atoms with Crippen molar-refractivity contribution in [2.45, 2.75) is 19.9 Å². The molecule has 0 aliphatic rings. The Labute approximate surface area is 138 Å². The highest BCUT2D eigenvalue weighted by Gasteiger charge is 2.04. The van der Waals surface area contributed by atoms with Crippen molar-refractivity contribution in [2.24, 2.45) is 0 Å². The lowest BCUT2D eigenvalue weighted by Gasteiger charge is -2.10. The van der Waals surface area contributed by atoms with E-state index in [1.807, 2.05) is 31.2 Å². The normalized spacial score (nSPS) is 10.4. The van der Waals surface area contributed by atoms with E-state index in [1.165, 1.54) is 11.1 Å². The molecular formula is C19H25NO3. The third-order valence-corrected chi connectivity index (χ3v) is 3.60. The van der Waals surface area contributed by atoms with Crippen LogP contribution < -0.4 is 19.5 Å². The predicted octanol–water partition coefficient (Wildman–Crippen LogP) is 3.43. The van der Waals surface area contributed by atoms with Gasteiger partial charge in [-0.15, -0.1) is 0 Å². The summed E-state index contributed by atoms with van der Waals surface area (Å²) in [7, 11) is 3.31. The molecule has 0 aliphatic heterocycles. The van der Waals surface area contributed by atoms with Crippen LogP contribution in [-0.2, 0) is 13.0 Å². The summed E-state index contributed by atoms with van der Waals surface area (Å²) in [4.78, 5) is 0. The highest BCUT2D eigenvalue weighted by atomic mass is 16.5. The average Bonchev–Trinajstić information content (AvgIpc) is 2.60. The van der Waals surface area contributed by atoms with Crippen molar-refractivity contribution < 1.29 is 14.2 Å². The molecule has 0 fully saturated rings. The molecular weight excluding hydrogens is 290 g/mol. The van der Waals surface area contributed by atoms with Crippen LogP contribution in [0.5, 0.6) is 17.2 Å². The summed E-state index contributed by atoms with van der Waals surface area (Å²) < 4.78 is 16.0. The molecule has 0 atom stereocenters. The van der Waals surface area contributed by atoms with Crippen LogP contribution in [0, 0.1) is 0 Å². The topological polar surface area (TPSA) is 39.7 Å². The van der Waals surface area contributed by atoms with E-state index in [2.05, 4.69) is 23.5 Å². The molecule has 23 heavy (non-hydrogen) atoms. The van der Waals surface area contributed by atoms with Crippen molar-refractivity contribution >= 4 is 0 Å². The van der Waals surface area contributed by atoms with Crippen LogP contribution in [0.25, 0.3) is 0 Å². The first-order valence-electron chi connectivity index (χ1n) is 7.90. The summed E-state index contributed by atoms with van der Waals surface area (Å²) in [6, 6.07) is 14.2. The number of hydrogen-bond acceptors (Lipinski definition) is 4. The van der Waals surface area contributed by atoms with Gasteiger partial charge in [-0.1, -0.05) is 18.2 Å². The van der Waals surface area contributed by atoms with E-state index in [-0.39, 0.29) is 0 Å². The molecule has 0 aromatic heterocycles. The first kappa shape index (κ1) is 17.2. The molecule has 0 unspecified atom stereocenters.